The van der Waals surface area contributed by atoms with Gasteiger partial charge in [-0.15, -0.1) is 0 Å². The topological polar surface area (TPSA) is 54.0 Å². The molecule has 5 nitrogen and oxygen atoms in total. The Morgan fingerprint density at radius 2 is 2.04 bits per heavy atom. The van der Waals surface area contributed by atoms with Gasteiger partial charge in [0, 0.05) is 17.4 Å². The summed E-state index contributed by atoms with van der Waals surface area (Å²) in [4.78, 5) is 11.7. The highest BCUT2D eigenvalue weighted by atomic mass is 19.1. The molecule has 0 radical (unpaired) electrons. The van der Waals surface area contributed by atoms with Crippen molar-refractivity contribution in [3.8, 4) is 0 Å². The van der Waals surface area contributed by atoms with Gasteiger partial charge >= 0.3 is 5.97 Å². The van der Waals surface area contributed by atoms with Gasteiger partial charge in [-0.25, -0.2) is 4.39 Å². The number of carbonyl (C=O) groups excluding carboxylic acids is 1. The minimum atomic E-state index is -0.498. The quantitative estimate of drug-likeness (QED) is 0.714. The van der Waals surface area contributed by atoms with Gasteiger partial charge in [0.1, 0.15) is 24.1 Å². The summed E-state index contributed by atoms with van der Waals surface area (Å²) in [5.74, 6) is -0.618. The fourth-order valence-electron chi connectivity index (χ4n) is 2.73. The van der Waals surface area contributed by atoms with Crippen LogP contribution in [0.15, 0.2) is 24.3 Å². The molecule has 1 aromatic carbocycles. The van der Waals surface area contributed by atoms with Crippen molar-refractivity contribution in [1.82, 2.24) is 0 Å². The predicted molar refractivity (Wildman–Crippen MR) is 94.9 cm³/mol. The van der Waals surface area contributed by atoms with E-state index in [9.17, 15) is 9.18 Å². The SMILES string of the molecule is CCC(=O)OC(C)[C@H]1O[C@@H](C(C)(C)C)OC[C@H]1OCc1ccccc1F. The number of carbonyl (C=O) groups is 1. The van der Waals surface area contributed by atoms with Gasteiger partial charge in [-0.05, 0) is 13.0 Å². The van der Waals surface area contributed by atoms with Crippen molar-refractivity contribution in [2.75, 3.05) is 6.61 Å². The number of benzene rings is 1. The largest absolute Gasteiger partial charge is 0.460 e. The van der Waals surface area contributed by atoms with Crippen molar-refractivity contribution in [3.63, 3.8) is 0 Å². The Kier molecular flexibility index (Phi) is 7.15. The van der Waals surface area contributed by atoms with Crippen molar-refractivity contribution in [2.24, 2.45) is 5.41 Å². The zero-order valence-corrected chi connectivity index (χ0v) is 16.2. The molecule has 1 unspecified atom stereocenters. The molecular formula is C20H29FO5. The van der Waals surface area contributed by atoms with Crippen molar-refractivity contribution in [2.45, 2.75) is 72.2 Å². The monoisotopic (exact) mass is 368 g/mol. The highest BCUT2D eigenvalue weighted by Crippen LogP contribution is 2.31. The van der Waals surface area contributed by atoms with Crippen LogP contribution in [0.4, 0.5) is 4.39 Å². The van der Waals surface area contributed by atoms with Crippen molar-refractivity contribution < 1.29 is 28.1 Å². The smallest absolute Gasteiger partial charge is 0.305 e. The zero-order chi connectivity index (χ0) is 19.3. The molecule has 0 aromatic heterocycles. The lowest BCUT2D eigenvalue weighted by Crippen LogP contribution is -2.54. The Morgan fingerprint density at radius 1 is 1.35 bits per heavy atom. The summed E-state index contributed by atoms with van der Waals surface area (Å²) in [7, 11) is 0. The van der Waals surface area contributed by atoms with E-state index in [1.165, 1.54) is 6.07 Å². The first-order valence-electron chi connectivity index (χ1n) is 9.04. The molecule has 0 spiro atoms. The minimum absolute atomic E-state index is 0.0924. The number of hydrogen-bond donors (Lipinski definition) is 0. The summed E-state index contributed by atoms with van der Waals surface area (Å²) in [6, 6.07) is 6.46. The van der Waals surface area contributed by atoms with Crippen LogP contribution in [0.5, 0.6) is 0 Å². The van der Waals surface area contributed by atoms with Gasteiger partial charge in [-0.3, -0.25) is 4.79 Å². The first-order valence-corrected chi connectivity index (χ1v) is 9.04. The van der Waals surface area contributed by atoms with E-state index in [1.807, 2.05) is 20.8 Å². The molecule has 1 saturated heterocycles. The third-order valence-electron chi connectivity index (χ3n) is 4.25. The lowest BCUT2D eigenvalue weighted by atomic mass is 9.94. The van der Waals surface area contributed by atoms with Gasteiger partial charge in [0.25, 0.3) is 0 Å². The van der Waals surface area contributed by atoms with E-state index in [-0.39, 0.29) is 36.8 Å². The standard InChI is InChI=1S/C20H29FO5/c1-6-17(22)25-13(2)18-16(12-24-19(26-18)20(3,4)5)23-11-14-9-7-8-10-15(14)21/h7-10,13,16,18-19H,6,11-12H2,1-5H3/t13?,16-,18-,19+/m1/s1. The van der Waals surface area contributed by atoms with Gasteiger partial charge in [0.05, 0.1) is 13.2 Å². The maximum absolute atomic E-state index is 13.8. The molecule has 26 heavy (non-hydrogen) atoms. The number of rotatable bonds is 6. The molecule has 0 aliphatic carbocycles. The summed E-state index contributed by atoms with van der Waals surface area (Å²) >= 11 is 0. The van der Waals surface area contributed by atoms with Crippen molar-refractivity contribution >= 4 is 5.97 Å². The summed E-state index contributed by atoms with van der Waals surface area (Å²) < 4.78 is 37.0. The van der Waals surface area contributed by atoms with E-state index in [2.05, 4.69) is 0 Å². The van der Waals surface area contributed by atoms with Crippen molar-refractivity contribution in [1.29, 1.82) is 0 Å². The molecule has 0 N–H and O–H groups in total. The molecule has 4 atom stereocenters. The number of esters is 1. The molecule has 1 aromatic rings. The van der Waals surface area contributed by atoms with Crippen LogP contribution in [0, 0.1) is 11.2 Å². The lowest BCUT2D eigenvalue weighted by molar-refractivity contribution is -0.307. The second-order valence-corrected chi connectivity index (χ2v) is 7.62. The van der Waals surface area contributed by atoms with E-state index in [0.29, 0.717) is 5.56 Å². The number of hydrogen-bond acceptors (Lipinski definition) is 5. The van der Waals surface area contributed by atoms with E-state index < -0.39 is 24.6 Å². The maximum Gasteiger partial charge on any atom is 0.305 e. The first kappa shape index (κ1) is 20.8. The van der Waals surface area contributed by atoms with E-state index in [4.69, 9.17) is 18.9 Å². The van der Waals surface area contributed by atoms with Crippen molar-refractivity contribution in [3.05, 3.63) is 35.6 Å². The minimum Gasteiger partial charge on any atom is -0.460 e. The second kappa shape index (κ2) is 8.93. The molecule has 1 aliphatic heterocycles. The third kappa shape index (κ3) is 5.50. The van der Waals surface area contributed by atoms with Crippen LogP contribution in [0.1, 0.15) is 46.6 Å². The van der Waals surface area contributed by atoms with E-state index in [1.54, 1.807) is 32.0 Å². The van der Waals surface area contributed by atoms with Crippen LogP contribution >= 0.6 is 0 Å². The molecule has 146 valence electrons. The Balaban J connectivity index is 2.08. The average Bonchev–Trinajstić information content (AvgIpc) is 2.59. The first-order chi connectivity index (χ1) is 12.2. The number of ether oxygens (including phenoxy) is 4. The number of halogens is 1. The summed E-state index contributed by atoms with van der Waals surface area (Å²) in [5, 5.41) is 0. The highest BCUT2D eigenvalue weighted by Gasteiger charge is 2.42. The van der Waals surface area contributed by atoms with Crippen LogP contribution in [-0.4, -0.2) is 37.2 Å². The fourth-order valence-corrected chi connectivity index (χ4v) is 2.73. The molecule has 6 heteroatoms. The lowest BCUT2D eigenvalue weighted by Gasteiger charge is -2.43. The molecule has 0 bridgehead atoms. The highest BCUT2D eigenvalue weighted by molar-refractivity contribution is 5.69. The van der Waals surface area contributed by atoms with Crippen LogP contribution in [0.2, 0.25) is 0 Å². The maximum atomic E-state index is 13.8. The Bertz CT molecular complexity index is 598. The van der Waals surface area contributed by atoms with E-state index >= 15 is 0 Å². The molecular weight excluding hydrogens is 339 g/mol. The van der Waals surface area contributed by atoms with Crippen LogP contribution in [0.3, 0.4) is 0 Å². The van der Waals surface area contributed by atoms with Gasteiger partial charge in [0.2, 0.25) is 0 Å². The summed E-state index contributed by atoms with van der Waals surface area (Å²) in [6.45, 7) is 9.94. The third-order valence-corrected chi connectivity index (χ3v) is 4.25. The molecule has 0 saturated carbocycles. The van der Waals surface area contributed by atoms with Gasteiger partial charge in [0.15, 0.2) is 6.29 Å². The molecule has 0 amide bonds. The van der Waals surface area contributed by atoms with Gasteiger partial charge in [-0.1, -0.05) is 45.9 Å². The van der Waals surface area contributed by atoms with Gasteiger partial charge < -0.3 is 18.9 Å². The normalized spacial score (nSPS) is 24.9. The fraction of sp³-hybridized carbons (Fsp3) is 0.650. The second-order valence-electron chi connectivity index (χ2n) is 7.62. The van der Waals surface area contributed by atoms with Crippen LogP contribution in [-0.2, 0) is 30.3 Å². The Morgan fingerprint density at radius 3 is 2.65 bits per heavy atom. The van der Waals surface area contributed by atoms with Gasteiger partial charge in [-0.2, -0.15) is 0 Å². The van der Waals surface area contributed by atoms with E-state index in [0.717, 1.165) is 0 Å². The van der Waals surface area contributed by atoms with Crippen LogP contribution < -0.4 is 0 Å². The molecule has 2 rings (SSSR count). The summed E-state index contributed by atoms with van der Waals surface area (Å²) in [5.41, 5.74) is 0.228. The molecule has 1 fully saturated rings. The Labute approximate surface area is 154 Å². The molecule has 1 aliphatic rings. The predicted octanol–water partition coefficient (Wildman–Crippen LogP) is 3.84. The Hall–Kier alpha value is -1.50. The molecule has 1 heterocycles. The summed E-state index contributed by atoms with van der Waals surface area (Å²) in [6.07, 6.45) is -1.61. The average molecular weight is 368 g/mol. The zero-order valence-electron chi connectivity index (χ0n) is 16.2. The van der Waals surface area contributed by atoms with Crippen LogP contribution in [0.25, 0.3) is 0 Å².